The molecule has 1 amide bonds. The summed E-state index contributed by atoms with van der Waals surface area (Å²) in [6, 6.07) is 9.08. The van der Waals surface area contributed by atoms with Crippen molar-refractivity contribution in [3.05, 3.63) is 53.8 Å². The molecule has 1 aliphatic heterocycles. The molecule has 0 aliphatic carbocycles. The minimum atomic E-state index is -3.82. The van der Waals surface area contributed by atoms with Crippen LogP contribution < -0.4 is 14.6 Å². The van der Waals surface area contributed by atoms with E-state index in [0.29, 0.717) is 31.2 Å². The van der Waals surface area contributed by atoms with E-state index in [1.165, 1.54) is 12.1 Å². The van der Waals surface area contributed by atoms with Crippen LogP contribution in [0.4, 0.5) is 5.69 Å². The molecule has 2 N–H and O–H groups in total. The molecular weight excluding hydrogens is 388 g/mol. The van der Waals surface area contributed by atoms with Gasteiger partial charge in [0.2, 0.25) is 15.9 Å². The normalized spacial score (nSPS) is 16.2. The highest BCUT2D eigenvalue weighted by Gasteiger charge is 2.28. The van der Waals surface area contributed by atoms with Gasteiger partial charge in [-0.2, -0.15) is 4.72 Å². The highest BCUT2D eigenvalue weighted by Crippen LogP contribution is 2.17. The predicted molar refractivity (Wildman–Crippen MR) is 103 cm³/mol. The number of halogens is 1. The number of nitrogens with zero attached hydrogens (tertiary/aromatic N) is 2. The number of benzene rings is 1. The predicted octanol–water partition coefficient (Wildman–Crippen LogP) is 1.17. The zero-order valence-electron chi connectivity index (χ0n) is 14.9. The number of aromatic amines is 1. The Morgan fingerprint density at radius 2 is 1.81 bits per heavy atom. The van der Waals surface area contributed by atoms with Crippen molar-refractivity contribution in [2.75, 3.05) is 31.1 Å². The fourth-order valence-electron chi connectivity index (χ4n) is 3.03. The largest absolute Gasteiger partial charge is 0.368 e. The summed E-state index contributed by atoms with van der Waals surface area (Å²) in [5.41, 5.74) is 1.09. The van der Waals surface area contributed by atoms with Crippen LogP contribution in [0.25, 0.3) is 0 Å². The molecule has 144 valence electrons. The highest BCUT2D eigenvalue weighted by molar-refractivity contribution is 7.89. The maximum atomic E-state index is 12.7. The number of H-pyrrole nitrogens is 1. The Balaban J connectivity index is 1.60. The van der Waals surface area contributed by atoms with Crippen LogP contribution in [0, 0.1) is 0 Å². The van der Waals surface area contributed by atoms with Gasteiger partial charge in [0.15, 0.2) is 12.4 Å². The van der Waals surface area contributed by atoms with E-state index in [2.05, 4.69) is 14.6 Å². The molecule has 0 spiro atoms. The van der Waals surface area contributed by atoms with Crippen molar-refractivity contribution in [1.82, 2.24) is 9.62 Å². The number of pyridine rings is 1. The molecule has 7 nitrogen and oxygen atoms in total. The number of hydrogen-bond acceptors (Lipinski definition) is 4. The Morgan fingerprint density at radius 3 is 2.44 bits per heavy atom. The number of aromatic nitrogens is 1. The second-order valence-electron chi connectivity index (χ2n) is 6.37. The van der Waals surface area contributed by atoms with Crippen molar-refractivity contribution in [2.45, 2.75) is 17.9 Å². The van der Waals surface area contributed by atoms with Gasteiger partial charge in [-0.25, -0.2) is 13.4 Å². The van der Waals surface area contributed by atoms with Crippen LogP contribution in [0.2, 0.25) is 5.02 Å². The number of amides is 1. The quantitative estimate of drug-likeness (QED) is 0.803. The molecule has 1 aliphatic rings. The third-order valence-corrected chi connectivity index (χ3v) is 6.24. The average molecular weight is 410 g/mol. The van der Waals surface area contributed by atoms with Gasteiger partial charge in [-0.3, -0.25) is 4.79 Å². The number of carbonyl (C=O) groups is 1. The molecule has 9 heteroatoms. The molecule has 1 aromatic heterocycles. The van der Waals surface area contributed by atoms with Crippen LogP contribution in [0.1, 0.15) is 6.92 Å². The summed E-state index contributed by atoms with van der Waals surface area (Å²) in [5, 5.41) is 0.325. The SMILES string of the molecule is C[C@H](NS(=O)(=O)c1cccc(Cl)c1)C(=O)N1CCN(c2cc[nH+]cc2)CC1. The molecule has 0 saturated carbocycles. The minimum absolute atomic E-state index is 0.0420. The Labute approximate surface area is 164 Å². The molecule has 2 aromatic rings. The van der Waals surface area contributed by atoms with Crippen LogP contribution in [0.5, 0.6) is 0 Å². The van der Waals surface area contributed by atoms with E-state index >= 15 is 0 Å². The van der Waals surface area contributed by atoms with Crippen LogP contribution in [-0.2, 0) is 14.8 Å². The highest BCUT2D eigenvalue weighted by atomic mass is 35.5. The zero-order valence-corrected chi connectivity index (χ0v) is 16.5. The molecule has 27 heavy (non-hydrogen) atoms. The van der Waals surface area contributed by atoms with Crippen molar-refractivity contribution in [3.63, 3.8) is 0 Å². The van der Waals surface area contributed by atoms with E-state index in [1.54, 1.807) is 24.0 Å². The second kappa shape index (κ2) is 8.24. The summed E-state index contributed by atoms with van der Waals surface area (Å²) in [4.78, 5) is 19.6. The Morgan fingerprint density at radius 1 is 1.15 bits per heavy atom. The summed E-state index contributed by atoms with van der Waals surface area (Å²) in [5.74, 6) is -0.235. The van der Waals surface area contributed by atoms with Gasteiger partial charge < -0.3 is 9.80 Å². The number of anilines is 1. The van der Waals surface area contributed by atoms with E-state index < -0.39 is 16.1 Å². The number of hydrogen-bond donors (Lipinski definition) is 1. The molecule has 0 radical (unpaired) electrons. The maximum absolute atomic E-state index is 12.7. The van der Waals surface area contributed by atoms with Gasteiger partial charge in [0.25, 0.3) is 0 Å². The second-order valence-corrected chi connectivity index (χ2v) is 8.52. The molecule has 0 unspecified atom stereocenters. The molecule has 0 bridgehead atoms. The van der Waals surface area contributed by atoms with Crippen LogP contribution in [0.3, 0.4) is 0 Å². The molecule has 1 fully saturated rings. The number of carbonyl (C=O) groups excluding carboxylic acids is 1. The number of sulfonamides is 1. The van der Waals surface area contributed by atoms with Crippen molar-refractivity contribution in [3.8, 4) is 0 Å². The van der Waals surface area contributed by atoms with Crippen molar-refractivity contribution >= 4 is 33.2 Å². The van der Waals surface area contributed by atoms with Crippen LogP contribution in [-0.4, -0.2) is 51.4 Å². The van der Waals surface area contributed by atoms with Crippen molar-refractivity contribution in [1.29, 1.82) is 0 Å². The summed E-state index contributed by atoms with van der Waals surface area (Å²) in [6.45, 7) is 4.04. The first-order chi connectivity index (χ1) is 12.9. The van der Waals surface area contributed by atoms with Gasteiger partial charge in [-0.1, -0.05) is 17.7 Å². The zero-order chi connectivity index (χ0) is 19.4. The third-order valence-electron chi connectivity index (χ3n) is 4.47. The summed E-state index contributed by atoms with van der Waals surface area (Å²) in [6.07, 6.45) is 3.72. The van der Waals surface area contributed by atoms with E-state index in [1.807, 2.05) is 24.5 Å². The Kier molecular flexibility index (Phi) is 5.98. The smallest absolute Gasteiger partial charge is 0.241 e. The summed E-state index contributed by atoms with van der Waals surface area (Å²) >= 11 is 5.86. The third kappa shape index (κ3) is 4.77. The lowest BCUT2D eigenvalue weighted by molar-refractivity contribution is -0.377. The van der Waals surface area contributed by atoms with Gasteiger partial charge in [-0.05, 0) is 25.1 Å². The number of nitrogens with one attached hydrogen (secondary N) is 2. The van der Waals surface area contributed by atoms with E-state index in [0.717, 1.165) is 5.69 Å². The van der Waals surface area contributed by atoms with Crippen molar-refractivity contribution in [2.24, 2.45) is 0 Å². The maximum Gasteiger partial charge on any atom is 0.241 e. The fourth-order valence-corrected chi connectivity index (χ4v) is 4.53. The lowest BCUT2D eigenvalue weighted by atomic mass is 10.2. The summed E-state index contributed by atoms with van der Waals surface area (Å²) < 4.78 is 27.4. The van der Waals surface area contributed by atoms with E-state index in [-0.39, 0.29) is 10.8 Å². The van der Waals surface area contributed by atoms with Gasteiger partial charge in [0, 0.05) is 49.0 Å². The molecule has 2 heterocycles. The Bertz CT molecular complexity index is 900. The van der Waals surface area contributed by atoms with Gasteiger partial charge >= 0.3 is 0 Å². The lowest BCUT2D eigenvalue weighted by Gasteiger charge is -2.36. The van der Waals surface area contributed by atoms with Gasteiger partial charge in [0.1, 0.15) is 0 Å². The molecule has 1 saturated heterocycles. The van der Waals surface area contributed by atoms with Crippen LogP contribution in [0.15, 0.2) is 53.7 Å². The lowest BCUT2D eigenvalue weighted by Crippen LogP contribution is -2.54. The van der Waals surface area contributed by atoms with E-state index in [4.69, 9.17) is 11.6 Å². The molecular formula is C18H22ClN4O3S+. The number of piperazine rings is 1. The first-order valence-corrected chi connectivity index (χ1v) is 10.5. The van der Waals surface area contributed by atoms with E-state index in [9.17, 15) is 13.2 Å². The molecule has 3 rings (SSSR count). The molecule has 1 aromatic carbocycles. The Hall–Kier alpha value is -2.16. The minimum Gasteiger partial charge on any atom is -0.368 e. The monoisotopic (exact) mass is 409 g/mol. The number of rotatable bonds is 5. The van der Waals surface area contributed by atoms with Gasteiger partial charge in [-0.15, -0.1) is 0 Å². The first-order valence-electron chi connectivity index (χ1n) is 8.64. The van der Waals surface area contributed by atoms with Crippen LogP contribution >= 0.6 is 11.6 Å². The average Bonchev–Trinajstić information content (AvgIpc) is 2.68. The standard InChI is InChI=1S/C18H21ClN4O3S/c1-14(21-27(25,26)17-4-2-3-15(19)13-17)18(24)23-11-9-22(10-12-23)16-5-7-20-8-6-16/h2-8,13-14,21H,9-12H2,1H3/p+1/t14-/m0/s1. The first kappa shape index (κ1) is 19.6. The van der Waals surface area contributed by atoms with Gasteiger partial charge in [0.05, 0.1) is 10.9 Å². The summed E-state index contributed by atoms with van der Waals surface area (Å²) in [7, 11) is -3.82. The van der Waals surface area contributed by atoms with Crippen molar-refractivity contribution < 1.29 is 18.2 Å². The molecule has 1 atom stereocenters. The topological polar surface area (TPSA) is 83.9 Å². The fraction of sp³-hybridized carbons (Fsp3) is 0.333.